The van der Waals surface area contributed by atoms with E-state index in [1.54, 1.807) is 0 Å². The second-order valence-corrected chi connectivity index (χ2v) is 4.79. The van der Waals surface area contributed by atoms with Crippen molar-refractivity contribution in [2.24, 2.45) is 0 Å². The minimum Gasteiger partial charge on any atom is -0.301 e. The molecule has 64 valence electrons. The number of hydrogen-bond acceptors (Lipinski definition) is 1. The highest BCUT2D eigenvalue weighted by molar-refractivity contribution is 6.14. The maximum Gasteiger partial charge on any atom is 0.109 e. The highest BCUT2D eigenvalue weighted by Gasteiger charge is 2.25. The molecule has 1 heterocycles. The molecule has 0 bridgehead atoms. The molecule has 0 radical (unpaired) electrons. The Morgan fingerprint density at radius 2 is 1.73 bits per heavy atom. The first-order valence-electron chi connectivity index (χ1n) is 4.75. The summed E-state index contributed by atoms with van der Waals surface area (Å²) in [5.74, 6) is 0. The van der Waals surface area contributed by atoms with Crippen molar-refractivity contribution in [3.63, 3.8) is 0 Å². The second kappa shape index (κ2) is 3.18. The van der Waals surface area contributed by atoms with Crippen molar-refractivity contribution in [2.75, 3.05) is 13.1 Å². The van der Waals surface area contributed by atoms with Crippen LogP contribution < -0.4 is 0 Å². The van der Waals surface area contributed by atoms with Gasteiger partial charge in [-0.15, -0.1) is 0 Å². The maximum absolute atomic E-state index is 2.57. The van der Waals surface area contributed by atoms with E-state index in [1.807, 2.05) is 0 Å². The summed E-state index contributed by atoms with van der Waals surface area (Å²) >= 11 is 0. The Hall–Kier alpha value is 0.0249. The fraction of sp³-hybridized carbons (Fsp3) is 1.00. The molecule has 0 spiro atoms. The van der Waals surface area contributed by atoms with Crippen LogP contribution in [-0.4, -0.2) is 31.9 Å². The minimum atomic E-state index is 0.603. The number of rotatable bonds is 1. The third kappa shape index (κ3) is 2.51. The Morgan fingerprint density at radius 3 is 2.09 bits per heavy atom. The molecule has 1 fully saturated rings. The van der Waals surface area contributed by atoms with Gasteiger partial charge in [0.2, 0.25) is 0 Å². The van der Waals surface area contributed by atoms with Crippen molar-refractivity contribution in [1.82, 2.24) is 4.90 Å². The summed E-state index contributed by atoms with van der Waals surface area (Å²) in [5.41, 5.74) is 0. The van der Waals surface area contributed by atoms with Crippen molar-refractivity contribution in [2.45, 2.75) is 45.0 Å². The minimum absolute atomic E-state index is 0.603. The van der Waals surface area contributed by atoms with Crippen LogP contribution in [-0.2, 0) is 0 Å². The monoisotopic (exact) mass is 153 g/mol. The van der Waals surface area contributed by atoms with Gasteiger partial charge in [-0.2, -0.15) is 0 Å². The summed E-state index contributed by atoms with van der Waals surface area (Å²) in [6.45, 7) is 9.55. The molecule has 0 unspecified atom stereocenters. The summed E-state index contributed by atoms with van der Waals surface area (Å²) in [6.07, 6.45) is 2.73. The van der Waals surface area contributed by atoms with Crippen LogP contribution in [0.15, 0.2) is 0 Å². The van der Waals surface area contributed by atoms with Gasteiger partial charge in [0.25, 0.3) is 0 Å². The van der Waals surface area contributed by atoms with E-state index in [0.717, 1.165) is 6.04 Å². The van der Waals surface area contributed by atoms with E-state index in [0.29, 0.717) is 5.31 Å². The average molecular weight is 153 g/mol. The molecular formula is C9H20BN. The molecule has 0 amide bonds. The number of hydrogen-bond donors (Lipinski definition) is 0. The van der Waals surface area contributed by atoms with E-state index in [2.05, 4.69) is 33.5 Å². The van der Waals surface area contributed by atoms with E-state index in [9.17, 15) is 0 Å². The van der Waals surface area contributed by atoms with Crippen LogP contribution in [0.25, 0.3) is 0 Å². The van der Waals surface area contributed by atoms with E-state index in [-0.39, 0.29) is 0 Å². The maximum atomic E-state index is 2.57. The fourth-order valence-corrected chi connectivity index (χ4v) is 1.65. The summed E-state index contributed by atoms with van der Waals surface area (Å²) < 4.78 is 0. The van der Waals surface area contributed by atoms with Gasteiger partial charge in [-0.3, -0.25) is 0 Å². The normalized spacial score (nSPS) is 25.8. The van der Waals surface area contributed by atoms with Crippen LogP contribution in [0, 0.1) is 0 Å². The van der Waals surface area contributed by atoms with Crippen molar-refractivity contribution in [3.8, 4) is 0 Å². The Balaban J connectivity index is 2.36. The zero-order valence-electron chi connectivity index (χ0n) is 8.35. The predicted molar refractivity (Wildman–Crippen MR) is 52.9 cm³/mol. The molecule has 0 aromatic heterocycles. The van der Waals surface area contributed by atoms with Gasteiger partial charge in [-0.1, -0.05) is 12.2 Å². The SMILES string of the molecule is BC1(C)CCN(C(C)C)CC1. The average Bonchev–Trinajstić information content (AvgIpc) is 1.86. The van der Waals surface area contributed by atoms with Gasteiger partial charge in [0.1, 0.15) is 7.85 Å². The zero-order chi connectivity index (χ0) is 8.48. The molecule has 1 nitrogen and oxygen atoms in total. The quantitative estimate of drug-likeness (QED) is 0.513. The van der Waals surface area contributed by atoms with E-state index >= 15 is 0 Å². The van der Waals surface area contributed by atoms with Crippen LogP contribution in [0.1, 0.15) is 33.6 Å². The van der Waals surface area contributed by atoms with Gasteiger partial charge >= 0.3 is 0 Å². The van der Waals surface area contributed by atoms with Crippen LogP contribution >= 0.6 is 0 Å². The van der Waals surface area contributed by atoms with Gasteiger partial charge in [0.15, 0.2) is 0 Å². The van der Waals surface area contributed by atoms with Gasteiger partial charge < -0.3 is 4.90 Å². The van der Waals surface area contributed by atoms with Crippen molar-refractivity contribution in [3.05, 3.63) is 0 Å². The van der Waals surface area contributed by atoms with Gasteiger partial charge in [-0.05, 0) is 39.8 Å². The summed E-state index contributed by atoms with van der Waals surface area (Å²) in [6, 6.07) is 0.742. The van der Waals surface area contributed by atoms with E-state index in [1.165, 1.54) is 25.9 Å². The highest BCUT2D eigenvalue weighted by Crippen LogP contribution is 2.34. The molecule has 0 N–H and O–H groups in total. The molecular weight excluding hydrogens is 133 g/mol. The van der Waals surface area contributed by atoms with Crippen LogP contribution in [0.3, 0.4) is 0 Å². The van der Waals surface area contributed by atoms with Crippen molar-refractivity contribution in [1.29, 1.82) is 0 Å². The van der Waals surface area contributed by atoms with Gasteiger partial charge in [0.05, 0.1) is 0 Å². The topological polar surface area (TPSA) is 3.24 Å². The summed E-state index contributed by atoms with van der Waals surface area (Å²) in [7, 11) is 2.38. The molecule has 0 aliphatic carbocycles. The van der Waals surface area contributed by atoms with E-state index in [4.69, 9.17) is 0 Å². The van der Waals surface area contributed by atoms with Crippen LogP contribution in [0.2, 0.25) is 5.31 Å². The standard InChI is InChI=1S/C9H20BN/c1-8(2)11-6-4-9(3,10)5-7-11/h8H,4-7,10H2,1-3H3. The molecule has 0 aromatic carbocycles. The first kappa shape index (κ1) is 9.12. The Bertz CT molecular complexity index is 122. The molecule has 1 saturated heterocycles. The number of likely N-dealkylation sites (tertiary alicyclic amines) is 1. The number of nitrogens with zero attached hydrogens (tertiary/aromatic N) is 1. The zero-order valence-corrected chi connectivity index (χ0v) is 8.35. The first-order chi connectivity index (χ1) is 5.01. The molecule has 0 aromatic rings. The lowest BCUT2D eigenvalue weighted by molar-refractivity contribution is 0.162. The smallest absolute Gasteiger partial charge is 0.109 e. The van der Waals surface area contributed by atoms with Crippen LogP contribution in [0.4, 0.5) is 0 Å². The third-order valence-electron chi connectivity index (χ3n) is 2.88. The summed E-state index contributed by atoms with van der Waals surface area (Å²) in [5, 5.41) is 0.603. The number of piperidine rings is 1. The molecule has 2 heteroatoms. The highest BCUT2D eigenvalue weighted by atomic mass is 15.1. The molecule has 1 aliphatic heterocycles. The Labute approximate surface area is 71.6 Å². The molecule has 0 atom stereocenters. The molecule has 1 rings (SSSR count). The largest absolute Gasteiger partial charge is 0.301 e. The first-order valence-corrected chi connectivity index (χ1v) is 4.75. The molecule has 0 saturated carbocycles. The lowest BCUT2D eigenvalue weighted by atomic mass is 9.64. The fourth-order valence-electron chi connectivity index (χ4n) is 1.65. The van der Waals surface area contributed by atoms with E-state index < -0.39 is 0 Å². The third-order valence-corrected chi connectivity index (χ3v) is 2.88. The Morgan fingerprint density at radius 1 is 1.27 bits per heavy atom. The van der Waals surface area contributed by atoms with Crippen molar-refractivity contribution < 1.29 is 0 Å². The lowest BCUT2D eigenvalue weighted by Crippen LogP contribution is -2.39. The van der Waals surface area contributed by atoms with Gasteiger partial charge in [0, 0.05) is 6.04 Å². The molecule has 11 heavy (non-hydrogen) atoms. The predicted octanol–water partition coefficient (Wildman–Crippen LogP) is 1.30. The van der Waals surface area contributed by atoms with Crippen molar-refractivity contribution >= 4 is 7.85 Å². The second-order valence-electron chi connectivity index (χ2n) is 4.79. The lowest BCUT2D eigenvalue weighted by Gasteiger charge is -2.39. The summed E-state index contributed by atoms with van der Waals surface area (Å²) in [4.78, 5) is 2.57. The van der Waals surface area contributed by atoms with Gasteiger partial charge in [-0.25, -0.2) is 0 Å². The Kier molecular flexibility index (Phi) is 2.63. The van der Waals surface area contributed by atoms with Crippen LogP contribution in [0.5, 0.6) is 0 Å². The molecule has 1 aliphatic rings.